The summed E-state index contributed by atoms with van der Waals surface area (Å²) in [5.41, 5.74) is 0.724. The van der Waals surface area contributed by atoms with Crippen molar-refractivity contribution in [2.75, 3.05) is 27.2 Å². The number of amides is 1. The van der Waals surface area contributed by atoms with Gasteiger partial charge in [0.1, 0.15) is 17.2 Å². The molecule has 8 heteroatoms. The number of ketones is 1. The number of hydrogen-bond acceptors (Lipinski definition) is 7. The van der Waals surface area contributed by atoms with Gasteiger partial charge in [-0.25, -0.2) is 4.98 Å². The maximum Gasteiger partial charge on any atom is 0.255 e. The van der Waals surface area contributed by atoms with Gasteiger partial charge in [0.25, 0.3) is 5.91 Å². The molecule has 4 rings (SSSR count). The summed E-state index contributed by atoms with van der Waals surface area (Å²) in [5.74, 6) is 1.06. The molecule has 0 saturated heterocycles. The van der Waals surface area contributed by atoms with E-state index in [0.29, 0.717) is 46.3 Å². The van der Waals surface area contributed by atoms with Gasteiger partial charge >= 0.3 is 0 Å². The quantitative estimate of drug-likeness (QED) is 0.308. The van der Waals surface area contributed by atoms with Gasteiger partial charge in [0.2, 0.25) is 11.7 Å². The van der Waals surface area contributed by atoms with Gasteiger partial charge < -0.3 is 19.7 Å². The molecule has 0 aliphatic rings. The van der Waals surface area contributed by atoms with E-state index in [2.05, 4.69) is 10.3 Å². The van der Waals surface area contributed by atoms with Crippen LogP contribution in [-0.4, -0.2) is 48.8 Å². The van der Waals surface area contributed by atoms with E-state index in [1.54, 1.807) is 54.7 Å². The minimum Gasteiger partial charge on any atom is -0.456 e. The summed E-state index contributed by atoms with van der Waals surface area (Å²) in [4.78, 5) is 32.7. The lowest BCUT2D eigenvalue weighted by atomic mass is 10.1. The third-order valence-electron chi connectivity index (χ3n) is 4.99. The Hall–Kier alpha value is -4.01. The lowest BCUT2D eigenvalue weighted by molar-refractivity contribution is 0.0948. The Kier molecular flexibility index (Phi) is 7.87. The molecule has 0 radical (unpaired) electrons. The number of nitrogens with zero attached hydrogens (tertiary/aromatic N) is 2. The van der Waals surface area contributed by atoms with Gasteiger partial charge in [-0.15, -0.1) is 11.3 Å². The van der Waals surface area contributed by atoms with Gasteiger partial charge in [-0.1, -0.05) is 24.3 Å². The molecule has 35 heavy (non-hydrogen) atoms. The molecule has 0 spiro atoms. The van der Waals surface area contributed by atoms with Crippen LogP contribution in [0.2, 0.25) is 0 Å². The number of likely N-dealkylation sites (N-methyl/N-ethyl adjacent to an activating group) is 1. The lowest BCUT2D eigenvalue weighted by Gasteiger charge is -2.15. The molecule has 0 fully saturated rings. The fourth-order valence-corrected chi connectivity index (χ4v) is 3.92. The number of carbonyl (C=O) groups excluding carboxylic acids is 2. The molecule has 2 aromatic heterocycles. The Morgan fingerprint density at radius 3 is 2.49 bits per heavy atom. The van der Waals surface area contributed by atoms with Crippen LogP contribution in [-0.2, 0) is 0 Å². The third-order valence-corrected chi connectivity index (χ3v) is 5.86. The molecule has 1 N–H and O–H groups in total. The number of para-hydroxylation sites is 1. The standard InChI is InChI=1S/C27H25N3O4S/c1-30(2)16-15-28-26(32)21-13-12-20(18-23(21)33-19-8-4-3-5-9-19)34-27-22(10-6-14-29-27)25(31)24-11-7-17-35-24/h3-14,17-18H,15-16H2,1-2H3,(H,28,32). The molecule has 178 valence electrons. The van der Waals surface area contributed by atoms with Crippen LogP contribution in [0.25, 0.3) is 0 Å². The minimum absolute atomic E-state index is 0.166. The zero-order valence-corrected chi connectivity index (χ0v) is 20.2. The molecule has 1 amide bonds. The Morgan fingerprint density at radius 1 is 0.914 bits per heavy atom. The second-order valence-corrected chi connectivity index (χ2v) is 8.84. The zero-order valence-electron chi connectivity index (χ0n) is 19.4. The fraction of sp³-hybridized carbons (Fsp3) is 0.148. The van der Waals surface area contributed by atoms with Crippen molar-refractivity contribution in [3.05, 3.63) is 100 Å². The summed E-state index contributed by atoms with van der Waals surface area (Å²) in [7, 11) is 3.88. The van der Waals surface area contributed by atoms with E-state index in [4.69, 9.17) is 9.47 Å². The number of carbonyl (C=O) groups is 2. The van der Waals surface area contributed by atoms with E-state index in [1.165, 1.54) is 11.3 Å². The first kappa shape index (κ1) is 24.1. The van der Waals surface area contributed by atoms with Gasteiger partial charge in [-0.05, 0) is 61.9 Å². The number of aromatic nitrogens is 1. The number of hydrogen-bond donors (Lipinski definition) is 1. The number of ether oxygens (including phenoxy) is 2. The van der Waals surface area contributed by atoms with Crippen LogP contribution >= 0.6 is 11.3 Å². The molecule has 7 nitrogen and oxygen atoms in total. The highest BCUT2D eigenvalue weighted by molar-refractivity contribution is 7.12. The maximum absolute atomic E-state index is 12.9. The van der Waals surface area contributed by atoms with Crippen molar-refractivity contribution in [2.24, 2.45) is 0 Å². The van der Waals surface area contributed by atoms with Crippen molar-refractivity contribution in [3.8, 4) is 23.1 Å². The van der Waals surface area contributed by atoms with Gasteiger partial charge in [-0.2, -0.15) is 0 Å². The minimum atomic E-state index is -0.254. The molecule has 0 unspecified atom stereocenters. The molecule has 0 atom stereocenters. The van der Waals surface area contributed by atoms with Crippen molar-refractivity contribution in [2.45, 2.75) is 0 Å². The maximum atomic E-state index is 12.9. The van der Waals surface area contributed by atoms with E-state index < -0.39 is 0 Å². The number of thiophene rings is 1. The topological polar surface area (TPSA) is 80.8 Å². The summed E-state index contributed by atoms with van der Waals surface area (Å²) >= 11 is 1.36. The van der Waals surface area contributed by atoms with E-state index >= 15 is 0 Å². The molecule has 2 aromatic carbocycles. The van der Waals surface area contributed by atoms with E-state index in [0.717, 1.165) is 0 Å². The van der Waals surface area contributed by atoms with Crippen molar-refractivity contribution in [3.63, 3.8) is 0 Å². The van der Waals surface area contributed by atoms with Crippen LogP contribution in [0.4, 0.5) is 0 Å². The van der Waals surface area contributed by atoms with Crippen LogP contribution in [0, 0.1) is 0 Å². The first-order valence-corrected chi connectivity index (χ1v) is 11.9. The summed E-state index contributed by atoms with van der Waals surface area (Å²) in [5, 5.41) is 4.75. The summed E-state index contributed by atoms with van der Waals surface area (Å²) in [6.45, 7) is 1.21. The highest BCUT2D eigenvalue weighted by Gasteiger charge is 2.19. The Balaban J connectivity index is 1.62. The molecule has 0 aliphatic heterocycles. The summed E-state index contributed by atoms with van der Waals surface area (Å²) in [6, 6.07) is 21.1. The highest BCUT2D eigenvalue weighted by atomic mass is 32.1. The first-order chi connectivity index (χ1) is 17.0. The van der Waals surface area contributed by atoms with Gasteiger partial charge in [0.15, 0.2) is 0 Å². The van der Waals surface area contributed by atoms with E-state index in [9.17, 15) is 9.59 Å². The molecule has 4 aromatic rings. The average Bonchev–Trinajstić information content (AvgIpc) is 3.40. The van der Waals surface area contributed by atoms with Gasteiger partial charge in [0.05, 0.1) is 16.0 Å². The van der Waals surface area contributed by atoms with Crippen LogP contribution in [0.15, 0.2) is 84.4 Å². The summed E-state index contributed by atoms with van der Waals surface area (Å²) in [6.07, 6.45) is 1.56. The SMILES string of the molecule is CN(C)CCNC(=O)c1ccc(Oc2ncccc2C(=O)c2cccs2)cc1Oc1ccccc1. The molecular weight excluding hydrogens is 462 g/mol. The number of nitrogens with one attached hydrogen (secondary N) is 1. The lowest BCUT2D eigenvalue weighted by Crippen LogP contribution is -2.31. The van der Waals surface area contributed by atoms with Gasteiger partial charge in [0, 0.05) is 25.4 Å². The van der Waals surface area contributed by atoms with Crippen molar-refractivity contribution in [1.29, 1.82) is 0 Å². The normalized spacial score (nSPS) is 10.7. The van der Waals surface area contributed by atoms with E-state index in [1.807, 2.05) is 48.6 Å². The third kappa shape index (κ3) is 6.32. The second kappa shape index (κ2) is 11.4. The predicted molar refractivity (Wildman–Crippen MR) is 136 cm³/mol. The number of rotatable bonds is 10. The smallest absolute Gasteiger partial charge is 0.255 e. The molecule has 2 heterocycles. The van der Waals surface area contributed by atoms with Crippen LogP contribution in [0.1, 0.15) is 25.6 Å². The molecule has 0 bridgehead atoms. The number of pyridine rings is 1. The van der Waals surface area contributed by atoms with Crippen LogP contribution in [0.3, 0.4) is 0 Å². The molecular formula is C27H25N3O4S. The first-order valence-electron chi connectivity index (χ1n) is 11.0. The Morgan fingerprint density at radius 2 is 1.74 bits per heavy atom. The molecule has 0 saturated carbocycles. The van der Waals surface area contributed by atoms with Crippen molar-refractivity contribution >= 4 is 23.0 Å². The van der Waals surface area contributed by atoms with Crippen molar-refractivity contribution < 1.29 is 19.1 Å². The zero-order chi connectivity index (χ0) is 24.6. The largest absolute Gasteiger partial charge is 0.456 e. The van der Waals surface area contributed by atoms with Crippen LogP contribution in [0.5, 0.6) is 23.1 Å². The Labute approximate surface area is 208 Å². The second-order valence-electron chi connectivity index (χ2n) is 7.90. The highest BCUT2D eigenvalue weighted by Crippen LogP contribution is 2.33. The van der Waals surface area contributed by atoms with Gasteiger partial charge in [-0.3, -0.25) is 9.59 Å². The van der Waals surface area contributed by atoms with E-state index in [-0.39, 0.29) is 17.6 Å². The molecule has 0 aliphatic carbocycles. The van der Waals surface area contributed by atoms with Crippen LogP contribution < -0.4 is 14.8 Å². The fourth-order valence-electron chi connectivity index (χ4n) is 3.24. The monoisotopic (exact) mass is 487 g/mol. The van der Waals surface area contributed by atoms with Crippen molar-refractivity contribution in [1.82, 2.24) is 15.2 Å². The average molecular weight is 488 g/mol. The summed E-state index contributed by atoms with van der Waals surface area (Å²) < 4.78 is 12.0. The predicted octanol–water partition coefficient (Wildman–Crippen LogP) is 5.25. The number of benzene rings is 2. The Bertz CT molecular complexity index is 1290.